The first kappa shape index (κ1) is 19.9. The summed E-state index contributed by atoms with van der Waals surface area (Å²) in [6.07, 6.45) is 1.33. The van der Waals surface area contributed by atoms with Crippen LogP contribution in [0.1, 0.15) is 27.2 Å². The van der Waals surface area contributed by atoms with E-state index in [0.717, 1.165) is 0 Å². The molecule has 0 aliphatic carbocycles. The number of halogens is 2. The molecule has 0 spiro atoms. The number of nitrogens with one attached hydrogen (secondary N) is 1. The van der Waals surface area contributed by atoms with E-state index in [1.807, 2.05) is 0 Å². The number of carbonyl (C=O) groups is 1. The molecule has 2 rings (SSSR count). The second kappa shape index (κ2) is 7.45. The average Bonchev–Trinajstić information content (AvgIpc) is 2.48. The third-order valence-electron chi connectivity index (χ3n) is 3.11. The molecule has 0 radical (unpaired) electrons. The van der Waals surface area contributed by atoms with Gasteiger partial charge >= 0.3 is 5.97 Å². The van der Waals surface area contributed by atoms with E-state index in [2.05, 4.69) is 9.71 Å². The molecule has 9 heteroatoms. The second-order valence-corrected chi connectivity index (χ2v) is 8.87. The van der Waals surface area contributed by atoms with Crippen LogP contribution in [0.15, 0.2) is 29.3 Å². The highest BCUT2D eigenvalue weighted by Gasteiger charge is 2.19. The van der Waals surface area contributed by atoms with Crippen molar-refractivity contribution in [3.05, 3.63) is 34.6 Å². The summed E-state index contributed by atoms with van der Waals surface area (Å²) in [5.41, 5.74) is -0.614. The third kappa shape index (κ3) is 5.28. The van der Waals surface area contributed by atoms with Crippen LogP contribution in [0, 0.1) is 0 Å². The van der Waals surface area contributed by atoms with Crippen molar-refractivity contribution in [1.82, 2.24) is 9.71 Å². The number of fused-ring (bicyclic) bond motifs is 1. The number of hydrogen-bond acceptors (Lipinski definition) is 5. The van der Waals surface area contributed by atoms with Crippen molar-refractivity contribution in [3.8, 4) is 0 Å². The van der Waals surface area contributed by atoms with Crippen LogP contribution >= 0.6 is 23.2 Å². The average molecular weight is 405 g/mol. The van der Waals surface area contributed by atoms with E-state index >= 15 is 0 Å². The molecular weight excluding hydrogens is 387 g/mol. The molecule has 0 unspecified atom stereocenters. The Hall–Kier alpha value is -1.41. The molecule has 0 fully saturated rings. The number of carbonyl (C=O) groups excluding carboxylic acids is 1. The van der Waals surface area contributed by atoms with Crippen LogP contribution in [0.2, 0.25) is 10.2 Å². The molecule has 0 saturated heterocycles. The quantitative estimate of drug-likeness (QED) is 0.608. The molecule has 1 N–H and O–H groups in total. The predicted octanol–water partition coefficient (Wildman–Crippen LogP) is 3.55. The summed E-state index contributed by atoms with van der Waals surface area (Å²) in [5.74, 6) is -0.479. The summed E-state index contributed by atoms with van der Waals surface area (Å²) in [6.45, 7) is 5.16. The number of pyridine rings is 1. The minimum Gasteiger partial charge on any atom is -0.460 e. The number of hydrogen-bond donors (Lipinski definition) is 1. The highest BCUT2D eigenvalue weighted by molar-refractivity contribution is 7.89. The maximum Gasteiger partial charge on any atom is 0.307 e. The Morgan fingerprint density at radius 1 is 1.24 bits per heavy atom. The Balaban J connectivity index is 2.13. The lowest BCUT2D eigenvalue weighted by Crippen LogP contribution is -2.29. The van der Waals surface area contributed by atoms with Crippen LogP contribution in [0.3, 0.4) is 0 Å². The minimum absolute atomic E-state index is 0.00940. The molecule has 1 aromatic carbocycles. The predicted molar refractivity (Wildman–Crippen MR) is 97.4 cm³/mol. The molecule has 25 heavy (non-hydrogen) atoms. The molecule has 0 aliphatic rings. The largest absolute Gasteiger partial charge is 0.460 e. The van der Waals surface area contributed by atoms with Crippen molar-refractivity contribution >= 4 is 50.0 Å². The Morgan fingerprint density at radius 2 is 1.92 bits per heavy atom. The Labute approximate surface area is 156 Å². The number of esters is 1. The number of benzene rings is 1. The summed E-state index contributed by atoms with van der Waals surface area (Å²) in [6, 6.07) is 4.38. The lowest BCUT2D eigenvalue weighted by molar-refractivity contribution is -0.154. The molecule has 0 amide bonds. The summed E-state index contributed by atoms with van der Waals surface area (Å²) in [7, 11) is -3.81. The van der Waals surface area contributed by atoms with E-state index in [0.29, 0.717) is 15.8 Å². The zero-order valence-electron chi connectivity index (χ0n) is 14.0. The minimum atomic E-state index is -3.81. The van der Waals surface area contributed by atoms with Crippen LogP contribution in [0.4, 0.5) is 0 Å². The number of nitrogens with zero attached hydrogens (tertiary/aromatic N) is 1. The number of ether oxygens (including phenoxy) is 1. The van der Waals surface area contributed by atoms with Crippen LogP contribution in [-0.4, -0.2) is 31.5 Å². The van der Waals surface area contributed by atoms with Gasteiger partial charge in [-0.3, -0.25) is 4.79 Å². The fraction of sp³-hybridized carbons (Fsp3) is 0.375. The van der Waals surface area contributed by atoms with Crippen molar-refractivity contribution in [2.75, 3.05) is 6.54 Å². The van der Waals surface area contributed by atoms with Gasteiger partial charge in [0.15, 0.2) is 0 Å². The lowest BCUT2D eigenvalue weighted by Gasteiger charge is -2.19. The van der Waals surface area contributed by atoms with Gasteiger partial charge in [-0.2, -0.15) is 0 Å². The first-order valence-electron chi connectivity index (χ1n) is 7.45. The van der Waals surface area contributed by atoms with Gasteiger partial charge in [-0.25, -0.2) is 18.1 Å². The summed E-state index contributed by atoms with van der Waals surface area (Å²) in [5, 5.41) is 1.57. The number of rotatable bonds is 5. The van der Waals surface area contributed by atoms with Gasteiger partial charge in [-0.1, -0.05) is 29.3 Å². The van der Waals surface area contributed by atoms with Crippen LogP contribution < -0.4 is 4.72 Å². The van der Waals surface area contributed by atoms with Crippen LogP contribution in [0.5, 0.6) is 0 Å². The normalized spacial score (nSPS) is 12.4. The van der Waals surface area contributed by atoms with Gasteiger partial charge < -0.3 is 4.74 Å². The fourth-order valence-corrected chi connectivity index (χ4v) is 3.56. The van der Waals surface area contributed by atoms with Gasteiger partial charge in [0.25, 0.3) is 0 Å². The summed E-state index contributed by atoms with van der Waals surface area (Å²) in [4.78, 5) is 15.6. The van der Waals surface area contributed by atoms with Crippen molar-refractivity contribution in [2.24, 2.45) is 0 Å². The van der Waals surface area contributed by atoms with E-state index < -0.39 is 21.6 Å². The van der Waals surface area contributed by atoms with Gasteiger partial charge in [0.1, 0.15) is 10.8 Å². The number of aromatic nitrogens is 1. The van der Waals surface area contributed by atoms with Crippen LogP contribution in [0.25, 0.3) is 10.8 Å². The monoisotopic (exact) mass is 404 g/mol. The van der Waals surface area contributed by atoms with Gasteiger partial charge in [0.2, 0.25) is 10.0 Å². The molecule has 0 bridgehead atoms. The maximum absolute atomic E-state index is 12.4. The fourth-order valence-electron chi connectivity index (χ4n) is 2.09. The zero-order valence-corrected chi connectivity index (χ0v) is 16.3. The standard InChI is InChI=1S/C16H18Cl2N2O4S/c1-16(2,3)24-14(21)6-7-20-25(22,23)10-4-5-11-12(8-10)15(18)19-9-13(11)17/h4-5,8-9,20H,6-7H2,1-3H3. The van der Waals surface area contributed by atoms with Gasteiger partial charge in [-0.15, -0.1) is 0 Å². The number of sulfonamides is 1. The maximum atomic E-state index is 12.4. The van der Waals surface area contributed by atoms with E-state index in [1.165, 1.54) is 18.3 Å². The van der Waals surface area contributed by atoms with Gasteiger partial charge in [0, 0.05) is 23.5 Å². The Kier molecular flexibility index (Phi) is 5.93. The first-order valence-corrected chi connectivity index (χ1v) is 9.69. The van der Waals surface area contributed by atoms with Crippen molar-refractivity contribution in [1.29, 1.82) is 0 Å². The first-order chi connectivity index (χ1) is 11.5. The summed E-state index contributed by atoms with van der Waals surface area (Å²) >= 11 is 12.0. The van der Waals surface area contributed by atoms with Crippen molar-refractivity contribution in [2.45, 2.75) is 37.7 Å². The Bertz CT molecular complexity index is 908. The second-order valence-electron chi connectivity index (χ2n) is 6.34. The van der Waals surface area contributed by atoms with Crippen molar-refractivity contribution in [3.63, 3.8) is 0 Å². The molecule has 0 aliphatic heterocycles. The molecule has 6 nitrogen and oxygen atoms in total. The zero-order chi connectivity index (χ0) is 18.8. The molecular formula is C16H18Cl2N2O4S. The highest BCUT2D eigenvalue weighted by atomic mass is 35.5. The van der Waals surface area contributed by atoms with E-state index in [-0.39, 0.29) is 23.0 Å². The van der Waals surface area contributed by atoms with Crippen molar-refractivity contribution < 1.29 is 17.9 Å². The van der Waals surface area contributed by atoms with Gasteiger partial charge in [0.05, 0.1) is 16.3 Å². The molecule has 1 aromatic heterocycles. The highest BCUT2D eigenvalue weighted by Crippen LogP contribution is 2.29. The SMILES string of the molecule is CC(C)(C)OC(=O)CCNS(=O)(=O)c1ccc2c(Cl)cnc(Cl)c2c1. The molecule has 0 atom stereocenters. The molecule has 0 saturated carbocycles. The smallest absolute Gasteiger partial charge is 0.307 e. The van der Waals surface area contributed by atoms with E-state index in [1.54, 1.807) is 26.8 Å². The Morgan fingerprint density at radius 3 is 2.56 bits per heavy atom. The van der Waals surface area contributed by atoms with E-state index in [9.17, 15) is 13.2 Å². The van der Waals surface area contributed by atoms with E-state index in [4.69, 9.17) is 27.9 Å². The topological polar surface area (TPSA) is 85.4 Å². The third-order valence-corrected chi connectivity index (χ3v) is 5.17. The van der Waals surface area contributed by atoms with Gasteiger partial charge in [-0.05, 0) is 32.9 Å². The molecule has 136 valence electrons. The molecule has 2 aromatic rings. The lowest BCUT2D eigenvalue weighted by atomic mass is 10.2. The molecule has 1 heterocycles. The van der Waals surface area contributed by atoms with Crippen LogP contribution in [-0.2, 0) is 19.6 Å². The summed E-state index contributed by atoms with van der Waals surface area (Å²) < 4.78 is 32.3.